The lowest BCUT2D eigenvalue weighted by atomic mass is 10.2. The maximum absolute atomic E-state index is 11.4. The molecular formula is C15H22N2O3. The van der Waals surface area contributed by atoms with Crippen molar-refractivity contribution < 1.29 is 14.6 Å². The Balaban J connectivity index is 1.56. The van der Waals surface area contributed by atoms with Crippen LogP contribution in [0.15, 0.2) is 24.3 Å². The highest BCUT2D eigenvalue weighted by Gasteiger charge is 2.22. The largest absolute Gasteiger partial charge is 0.491 e. The zero-order valence-electron chi connectivity index (χ0n) is 11.8. The van der Waals surface area contributed by atoms with Crippen LogP contribution in [0, 0.1) is 6.92 Å². The van der Waals surface area contributed by atoms with Crippen LogP contribution in [0.1, 0.15) is 18.4 Å². The molecule has 0 radical (unpaired) electrons. The molecule has 0 aromatic heterocycles. The molecule has 1 unspecified atom stereocenters. The molecule has 0 spiro atoms. The number of nitrogens with one attached hydrogen (secondary N) is 2. The lowest BCUT2D eigenvalue weighted by Gasteiger charge is -2.13. The summed E-state index contributed by atoms with van der Waals surface area (Å²) in [6.45, 7) is 2.79. The van der Waals surface area contributed by atoms with Crippen molar-refractivity contribution in [3.8, 4) is 5.75 Å². The molecule has 0 aliphatic heterocycles. The molecule has 20 heavy (non-hydrogen) atoms. The number of aliphatic hydroxyl groups excluding tert-OH is 1. The standard InChI is InChI=1S/C15H22N2O3/c1-11-2-6-14(7-3-11)20-10-13(18)8-16-9-15(19)17-12-4-5-12/h2-3,6-7,12-13,16,18H,4-5,8-10H2,1H3,(H,17,19). The van der Waals surface area contributed by atoms with Gasteiger partial charge < -0.3 is 20.5 Å². The monoisotopic (exact) mass is 278 g/mol. The lowest BCUT2D eigenvalue weighted by molar-refractivity contribution is -0.120. The molecule has 1 aromatic carbocycles. The minimum Gasteiger partial charge on any atom is -0.491 e. The molecule has 1 aliphatic carbocycles. The summed E-state index contributed by atoms with van der Waals surface area (Å²) in [6, 6.07) is 8.04. The van der Waals surface area contributed by atoms with Crippen LogP contribution in [-0.2, 0) is 4.79 Å². The van der Waals surface area contributed by atoms with E-state index in [1.807, 2.05) is 31.2 Å². The number of rotatable bonds is 8. The highest BCUT2D eigenvalue weighted by Crippen LogP contribution is 2.18. The van der Waals surface area contributed by atoms with Crippen LogP contribution in [0.25, 0.3) is 0 Å². The summed E-state index contributed by atoms with van der Waals surface area (Å²) in [7, 11) is 0. The third-order valence-corrected chi connectivity index (χ3v) is 3.07. The first-order chi connectivity index (χ1) is 9.63. The highest BCUT2D eigenvalue weighted by molar-refractivity contribution is 5.78. The van der Waals surface area contributed by atoms with Gasteiger partial charge in [-0.1, -0.05) is 17.7 Å². The quantitative estimate of drug-likeness (QED) is 0.651. The predicted octanol–water partition coefficient (Wildman–Crippen LogP) is 0.603. The number of hydrogen-bond donors (Lipinski definition) is 3. The Morgan fingerprint density at radius 1 is 1.40 bits per heavy atom. The molecule has 1 fully saturated rings. The predicted molar refractivity (Wildman–Crippen MR) is 76.7 cm³/mol. The van der Waals surface area contributed by atoms with Crippen molar-refractivity contribution in [1.29, 1.82) is 0 Å². The van der Waals surface area contributed by atoms with Crippen molar-refractivity contribution in [3.63, 3.8) is 0 Å². The number of carbonyl (C=O) groups is 1. The second-order valence-corrected chi connectivity index (χ2v) is 5.25. The summed E-state index contributed by atoms with van der Waals surface area (Å²) < 4.78 is 5.46. The molecule has 1 atom stereocenters. The van der Waals surface area contributed by atoms with Crippen molar-refractivity contribution in [3.05, 3.63) is 29.8 Å². The number of benzene rings is 1. The number of amides is 1. The molecule has 3 N–H and O–H groups in total. The summed E-state index contributed by atoms with van der Waals surface area (Å²) in [4.78, 5) is 11.4. The van der Waals surface area contributed by atoms with E-state index in [2.05, 4.69) is 10.6 Å². The summed E-state index contributed by atoms with van der Waals surface area (Å²) in [6.07, 6.45) is 1.53. The summed E-state index contributed by atoms with van der Waals surface area (Å²) in [5.41, 5.74) is 1.17. The SMILES string of the molecule is Cc1ccc(OCC(O)CNCC(=O)NC2CC2)cc1. The van der Waals surface area contributed by atoms with Crippen LogP contribution in [0.3, 0.4) is 0 Å². The second kappa shape index (κ2) is 7.26. The summed E-state index contributed by atoms with van der Waals surface area (Å²) in [5, 5.41) is 15.6. The molecule has 0 heterocycles. The maximum atomic E-state index is 11.4. The number of hydrogen-bond acceptors (Lipinski definition) is 4. The van der Waals surface area contributed by atoms with Crippen LogP contribution in [-0.4, -0.2) is 42.9 Å². The molecule has 5 heteroatoms. The molecule has 110 valence electrons. The molecule has 5 nitrogen and oxygen atoms in total. The average Bonchev–Trinajstić information content (AvgIpc) is 3.22. The van der Waals surface area contributed by atoms with Gasteiger partial charge in [0.25, 0.3) is 0 Å². The van der Waals surface area contributed by atoms with Crippen LogP contribution in [0.5, 0.6) is 5.75 Å². The van der Waals surface area contributed by atoms with Crippen molar-refractivity contribution in [2.75, 3.05) is 19.7 Å². The van der Waals surface area contributed by atoms with Gasteiger partial charge in [0.2, 0.25) is 5.91 Å². The van der Waals surface area contributed by atoms with Crippen molar-refractivity contribution >= 4 is 5.91 Å². The van der Waals surface area contributed by atoms with E-state index in [4.69, 9.17) is 4.74 Å². The molecule has 1 amide bonds. The smallest absolute Gasteiger partial charge is 0.234 e. The van der Waals surface area contributed by atoms with Gasteiger partial charge in [0.15, 0.2) is 0 Å². The highest BCUT2D eigenvalue weighted by atomic mass is 16.5. The van der Waals surface area contributed by atoms with Gasteiger partial charge in [-0.05, 0) is 31.9 Å². The Kier molecular flexibility index (Phi) is 5.38. The number of carbonyl (C=O) groups excluding carboxylic acids is 1. The molecule has 1 aliphatic rings. The molecular weight excluding hydrogens is 256 g/mol. The first-order valence-electron chi connectivity index (χ1n) is 7.01. The fraction of sp³-hybridized carbons (Fsp3) is 0.533. The summed E-state index contributed by atoms with van der Waals surface area (Å²) in [5.74, 6) is 0.722. The molecule has 0 bridgehead atoms. The van der Waals surface area contributed by atoms with Crippen LogP contribution in [0.4, 0.5) is 0 Å². The van der Waals surface area contributed by atoms with Gasteiger partial charge in [-0.2, -0.15) is 0 Å². The third kappa shape index (κ3) is 5.59. The van der Waals surface area contributed by atoms with E-state index >= 15 is 0 Å². The topological polar surface area (TPSA) is 70.6 Å². The fourth-order valence-corrected chi connectivity index (χ4v) is 1.74. The first kappa shape index (κ1) is 14.8. The minimum absolute atomic E-state index is 0.0147. The van der Waals surface area contributed by atoms with E-state index < -0.39 is 6.10 Å². The van der Waals surface area contributed by atoms with Gasteiger partial charge in [0, 0.05) is 12.6 Å². The maximum Gasteiger partial charge on any atom is 0.234 e. The van der Waals surface area contributed by atoms with Gasteiger partial charge in [-0.3, -0.25) is 4.79 Å². The zero-order valence-corrected chi connectivity index (χ0v) is 11.8. The van der Waals surface area contributed by atoms with Gasteiger partial charge >= 0.3 is 0 Å². The molecule has 0 saturated heterocycles. The number of ether oxygens (including phenoxy) is 1. The lowest BCUT2D eigenvalue weighted by Crippen LogP contribution is -2.39. The van der Waals surface area contributed by atoms with E-state index in [0.717, 1.165) is 18.6 Å². The van der Waals surface area contributed by atoms with Crippen LogP contribution >= 0.6 is 0 Å². The third-order valence-electron chi connectivity index (χ3n) is 3.07. The van der Waals surface area contributed by atoms with Gasteiger partial charge in [-0.25, -0.2) is 0 Å². The molecule has 1 saturated carbocycles. The van der Waals surface area contributed by atoms with Crippen molar-refractivity contribution in [2.45, 2.75) is 31.9 Å². The van der Waals surface area contributed by atoms with Crippen molar-refractivity contribution in [1.82, 2.24) is 10.6 Å². The Morgan fingerprint density at radius 3 is 2.75 bits per heavy atom. The average molecular weight is 278 g/mol. The normalized spacial score (nSPS) is 15.7. The molecule has 2 rings (SSSR count). The van der Waals surface area contributed by atoms with E-state index in [1.165, 1.54) is 5.56 Å². The molecule has 1 aromatic rings. The van der Waals surface area contributed by atoms with Crippen molar-refractivity contribution in [2.24, 2.45) is 0 Å². The van der Waals surface area contributed by atoms with Crippen LogP contribution in [0.2, 0.25) is 0 Å². The number of aliphatic hydroxyl groups is 1. The van der Waals surface area contributed by atoms with Crippen LogP contribution < -0.4 is 15.4 Å². The zero-order chi connectivity index (χ0) is 14.4. The minimum atomic E-state index is -0.634. The van der Waals surface area contributed by atoms with E-state index in [9.17, 15) is 9.90 Å². The Morgan fingerprint density at radius 2 is 2.10 bits per heavy atom. The fourth-order valence-electron chi connectivity index (χ4n) is 1.74. The second-order valence-electron chi connectivity index (χ2n) is 5.25. The Bertz CT molecular complexity index is 429. The van der Waals surface area contributed by atoms with Gasteiger partial charge in [0.1, 0.15) is 18.5 Å². The Labute approximate surface area is 119 Å². The Hall–Kier alpha value is -1.59. The van der Waals surface area contributed by atoms with Gasteiger partial charge in [-0.15, -0.1) is 0 Å². The van der Waals surface area contributed by atoms with E-state index in [0.29, 0.717) is 12.6 Å². The summed E-state index contributed by atoms with van der Waals surface area (Å²) >= 11 is 0. The van der Waals surface area contributed by atoms with E-state index in [-0.39, 0.29) is 19.1 Å². The first-order valence-corrected chi connectivity index (χ1v) is 7.01. The van der Waals surface area contributed by atoms with Gasteiger partial charge in [0.05, 0.1) is 6.54 Å². The number of aryl methyl sites for hydroxylation is 1. The van der Waals surface area contributed by atoms with E-state index in [1.54, 1.807) is 0 Å².